The maximum Gasteiger partial charge on any atom is 0.306 e. The Morgan fingerprint density at radius 3 is 1.95 bits per heavy atom. The van der Waals surface area contributed by atoms with E-state index in [9.17, 15) is 19.2 Å². The number of hydrogen-bond donors (Lipinski definition) is 1. The van der Waals surface area contributed by atoms with Crippen molar-refractivity contribution in [3.8, 4) is 0 Å². The Balaban J connectivity index is 4.32. The minimum absolute atomic E-state index is 0.102. The molecule has 6 heteroatoms. The molecule has 0 rings (SSSR count). The number of rotatable bonds is 8. The third-order valence-electron chi connectivity index (χ3n) is 2.57. The molecule has 6 nitrogen and oxygen atoms in total. The summed E-state index contributed by atoms with van der Waals surface area (Å²) in [4.78, 5) is 45.8. The summed E-state index contributed by atoms with van der Waals surface area (Å²) in [5.41, 5.74) is 0. The number of carbonyl (C=O) groups is 4. The molecular weight excluding hydrogens is 262 g/mol. The molecule has 0 radical (unpaired) electrons. The molecule has 0 saturated carbocycles. The highest BCUT2D eigenvalue weighted by atomic mass is 16.5. The second-order valence-electron chi connectivity index (χ2n) is 5.27. The van der Waals surface area contributed by atoms with Crippen molar-refractivity contribution in [3.05, 3.63) is 0 Å². The molecule has 0 spiro atoms. The highest BCUT2D eigenvalue weighted by Gasteiger charge is 2.24. The van der Waals surface area contributed by atoms with Gasteiger partial charge in [0, 0.05) is 6.42 Å². The van der Waals surface area contributed by atoms with Crippen LogP contribution in [-0.2, 0) is 23.9 Å². The van der Waals surface area contributed by atoms with Crippen LogP contribution >= 0.6 is 0 Å². The van der Waals surface area contributed by atoms with E-state index >= 15 is 0 Å². The lowest BCUT2D eigenvalue weighted by atomic mass is 10.0. The molecule has 0 aromatic rings. The summed E-state index contributed by atoms with van der Waals surface area (Å²) >= 11 is 0. The quantitative estimate of drug-likeness (QED) is 0.531. The van der Waals surface area contributed by atoms with Crippen LogP contribution in [0.3, 0.4) is 0 Å². The number of hydrogen-bond acceptors (Lipinski definition) is 5. The first kappa shape index (κ1) is 18.3. The van der Waals surface area contributed by atoms with Gasteiger partial charge in [-0.3, -0.25) is 19.2 Å². The predicted octanol–water partition coefficient (Wildman–Crippen LogP) is 1.02. The summed E-state index contributed by atoms with van der Waals surface area (Å²) in [7, 11) is 0. The van der Waals surface area contributed by atoms with Gasteiger partial charge in [-0.25, -0.2) is 0 Å². The standard InChI is InChI=1S/C14H23NO5/c1-8(2)13(10(5)16)15-14(19)11(17)6-7-12(18)20-9(3)4/h8-9,13H,6-7H2,1-5H3,(H,15,19). The van der Waals surface area contributed by atoms with Crippen LogP contribution in [0.4, 0.5) is 0 Å². The Morgan fingerprint density at radius 2 is 1.55 bits per heavy atom. The monoisotopic (exact) mass is 285 g/mol. The maximum atomic E-state index is 11.6. The van der Waals surface area contributed by atoms with E-state index in [4.69, 9.17) is 4.74 Å². The first-order chi connectivity index (χ1) is 9.15. The second kappa shape index (κ2) is 8.45. The molecule has 1 N–H and O–H groups in total. The van der Waals surface area contributed by atoms with Crippen molar-refractivity contribution in [1.29, 1.82) is 0 Å². The van der Waals surface area contributed by atoms with E-state index < -0.39 is 23.7 Å². The summed E-state index contributed by atoms with van der Waals surface area (Å²) in [6.07, 6.45) is -0.619. The van der Waals surface area contributed by atoms with Crippen molar-refractivity contribution in [1.82, 2.24) is 5.32 Å². The minimum atomic E-state index is -0.837. The zero-order valence-electron chi connectivity index (χ0n) is 12.7. The van der Waals surface area contributed by atoms with Gasteiger partial charge in [-0.2, -0.15) is 0 Å². The lowest BCUT2D eigenvalue weighted by Crippen LogP contribution is -2.46. The lowest BCUT2D eigenvalue weighted by molar-refractivity contribution is -0.149. The molecule has 0 aromatic heterocycles. The average Bonchev–Trinajstić information content (AvgIpc) is 2.30. The van der Waals surface area contributed by atoms with Gasteiger partial charge in [0.25, 0.3) is 5.91 Å². The fourth-order valence-electron chi connectivity index (χ4n) is 1.61. The third-order valence-corrected chi connectivity index (χ3v) is 2.57. The number of esters is 1. The maximum absolute atomic E-state index is 11.6. The topological polar surface area (TPSA) is 89.5 Å². The molecule has 114 valence electrons. The molecular formula is C14H23NO5. The minimum Gasteiger partial charge on any atom is -0.463 e. The average molecular weight is 285 g/mol. The summed E-state index contributed by atoms with van der Waals surface area (Å²) < 4.78 is 4.86. The van der Waals surface area contributed by atoms with Crippen molar-refractivity contribution in [2.24, 2.45) is 5.92 Å². The number of ketones is 2. The third kappa shape index (κ3) is 7.01. The van der Waals surface area contributed by atoms with Crippen LogP contribution in [0.25, 0.3) is 0 Å². The van der Waals surface area contributed by atoms with Gasteiger partial charge in [0.05, 0.1) is 18.6 Å². The molecule has 0 aliphatic carbocycles. The first-order valence-corrected chi connectivity index (χ1v) is 6.68. The van der Waals surface area contributed by atoms with Crippen molar-refractivity contribution in [2.75, 3.05) is 0 Å². The zero-order chi connectivity index (χ0) is 15.9. The fraction of sp³-hybridized carbons (Fsp3) is 0.714. The summed E-state index contributed by atoms with van der Waals surface area (Å²) in [6.45, 7) is 8.31. The van der Waals surface area contributed by atoms with Crippen LogP contribution in [0, 0.1) is 5.92 Å². The highest BCUT2D eigenvalue weighted by molar-refractivity contribution is 6.36. The van der Waals surface area contributed by atoms with Crippen molar-refractivity contribution >= 4 is 23.4 Å². The zero-order valence-corrected chi connectivity index (χ0v) is 12.7. The first-order valence-electron chi connectivity index (χ1n) is 6.68. The summed E-state index contributed by atoms with van der Waals surface area (Å²) in [5.74, 6) is -2.39. The molecule has 1 atom stereocenters. The molecule has 20 heavy (non-hydrogen) atoms. The molecule has 1 amide bonds. The Labute approximate surface area is 119 Å². The number of nitrogens with one attached hydrogen (secondary N) is 1. The van der Waals surface area contributed by atoms with E-state index in [1.165, 1.54) is 6.92 Å². The normalized spacial score (nSPS) is 12.2. The highest BCUT2D eigenvalue weighted by Crippen LogP contribution is 2.04. The Bertz CT molecular complexity index is 387. The van der Waals surface area contributed by atoms with Crippen molar-refractivity contribution in [3.63, 3.8) is 0 Å². The van der Waals surface area contributed by atoms with Gasteiger partial charge in [-0.15, -0.1) is 0 Å². The van der Waals surface area contributed by atoms with Gasteiger partial charge in [-0.05, 0) is 26.7 Å². The number of carbonyl (C=O) groups excluding carboxylic acids is 4. The van der Waals surface area contributed by atoms with Gasteiger partial charge in [0.2, 0.25) is 5.78 Å². The molecule has 1 unspecified atom stereocenters. The van der Waals surface area contributed by atoms with Crippen molar-refractivity contribution in [2.45, 2.75) is 59.6 Å². The Hall–Kier alpha value is -1.72. The van der Waals surface area contributed by atoms with E-state index in [1.54, 1.807) is 27.7 Å². The largest absolute Gasteiger partial charge is 0.463 e. The smallest absolute Gasteiger partial charge is 0.306 e. The SMILES string of the molecule is CC(=O)C(NC(=O)C(=O)CCC(=O)OC(C)C)C(C)C. The van der Waals surface area contributed by atoms with Crippen LogP contribution in [0.2, 0.25) is 0 Å². The van der Waals surface area contributed by atoms with Crippen molar-refractivity contribution < 1.29 is 23.9 Å². The lowest BCUT2D eigenvalue weighted by Gasteiger charge is -2.18. The van der Waals surface area contributed by atoms with E-state index in [1.807, 2.05) is 0 Å². The van der Waals surface area contributed by atoms with Crippen LogP contribution in [0.15, 0.2) is 0 Å². The number of ether oxygens (including phenoxy) is 1. The van der Waals surface area contributed by atoms with E-state index in [-0.39, 0.29) is 30.6 Å². The van der Waals surface area contributed by atoms with E-state index in [0.717, 1.165) is 0 Å². The van der Waals surface area contributed by atoms with E-state index in [2.05, 4.69) is 5.32 Å². The number of amides is 1. The second-order valence-corrected chi connectivity index (χ2v) is 5.27. The molecule has 0 fully saturated rings. The predicted molar refractivity (Wildman–Crippen MR) is 72.9 cm³/mol. The van der Waals surface area contributed by atoms with Crippen LogP contribution < -0.4 is 5.32 Å². The van der Waals surface area contributed by atoms with Crippen LogP contribution in [-0.4, -0.2) is 35.6 Å². The van der Waals surface area contributed by atoms with Gasteiger partial charge < -0.3 is 10.1 Å². The molecule has 0 aliphatic rings. The molecule has 0 heterocycles. The molecule has 0 aromatic carbocycles. The Kier molecular flexibility index (Phi) is 7.72. The van der Waals surface area contributed by atoms with Gasteiger partial charge in [-0.1, -0.05) is 13.8 Å². The summed E-state index contributed by atoms with van der Waals surface area (Å²) in [5, 5.41) is 2.39. The fourth-order valence-corrected chi connectivity index (χ4v) is 1.61. The van der Waals surface area contributed by atoms with Gasteiger partial charge in [0.1, 0.15) is 0 Å². The Morgan fingerprint density at radius 1 is 1.00 bits per heavy atom. The van der Waals surface area contributed by atoms with Gasteiger partial charge in [0.15, 0.2) is 5.78 Å². The molecule has 0 aliphatic heterocycles. The summed E-state index contributed by atoms with van der Waals surface area (Å²) in [6, 6.07) is -0.686. The number of Topliss-reactive ketones (excluding diaryl/α,β-unsaturated/α-hetero) is 2. The van der Waals surface area contributed by atoms with Gasteiger partial charge >= 0.3 is 5.97 Å². The van der Waals surface area contributed by atoms with Crippen LogP contribution in [0.1, 0.15) is 47.5 Å². The van der Waals surface area contributed by atoms with Crippen LogP contribution in [0.5, 0.6) is 0 Å². The molecule has 0 bridgehead atoms. The molecule has 0 saturated heterocycles. The van der Waals surface area contributed by atoms with E-state index in [0.29, 0.717) is 0 Å².